The first-order valence-electron chi connectivity index (χ1n) is 11.9. The van der Waals surface area contributed by atoms with E-state index in [1.807, 2.05) is 60.7 Å². The van der Waals surface area contributed by atoms with Gasteiger partial charge in [0.2, 0.25) is 0 Å². The molecule has 38 heavy (non-hydrogen) atoms. The van der Waals surface area contributed by atoms with E-state index in [9.17, 15) is 14.4 Å². The van der Waals surface area contributed by atoms with E-state index < -0.39 is 17.5 Å². The van der Waals surface area contributed by atoms with Gasteiger partial charge in [-0.15, -0.1) is 0 Å². The molecule has 0 saturated heterocycles. The Morgan fingerprint density at radius 1 is 0.763 bits per heavy atom. The number of benzene rings is 2. The van der Waals surface area contributed by atoms with Gasteiger partial charge in [0.1, 0.15) is 22.6 Å². The summed E-state index contributed by atoms with van der Waals surface area (Å²) in [6.07, 6.45) is 3.57. The first-order valence-corrected chi connectivity index (χ1v) is 12.3. The molecular formula is C28H27ClN4O5. The molecule has 0 spiro atoms. The number of H-pyrrole nitrogens is 1. The number of aromatic amines is 1. The van der Waals surface area contributed by atoms with Crippen LogP contribution in [-0.2, 0) is 22.3 Å². The van der Waals surface area contributed by atoms with Crippen LogP contribution in [0, 0.1) is 0 Å². The molecule has 0 fully saturated rings. The Balaban J connectivity index is 0.000000211. The van der Waals surface area contributed by atoms with Crippen LogP contribution in [0.15, 0.2) is 78.1 Å². The van der Waals surface area contributed by atoms with Crippen LogP contribution in [0.3, 0.4) is 0 Å². The van der Waals surface area contributed by atoms with Crippen molar-refractivity contribution in [1.82, 2.24) is 19.9 Å². The van der Waals surface area contributed by atoms with Crippen molar-refractivity contribution in [1.29, 1.82) is 0 Å². The van der Waals surface area contributed by atoms with Gasteiger partial charge in [0.15, 0.2) is 0 Å². The smallest absolute Gasteiger partial charge is 0.345 e. The molecule has 9 nitrogen and oxygen atoms in total. The van der Waals surface area contributed by atoms with E-state index in [0.717, 1.165) is 11.1 Å². The van der Waals surface area contributed by atoms with Gasteiger partial charge in [-0.1, -0.05) is 72.3 Å². The number of ether oxygens (including phenoxy) is 2. The number of hydrogen-bond acceptors (Lipinski definition) is 8. The number of nitrogens with one attached hydrogen (secondary N) is 1. The summed E-state index contributed by atoms with van der Waals surface area (Å²) >= 11 is 5.97. The quantitative estimate of drug-likeness (QED) is 0.260. The molecule has 0 atom stereocenters. The largest absolute Gasteiger partial charge is 0.462 e. The number of aromatic nitrogens is 4. The van der Waals surface area contributed by atoms with Gasteiger partial charge >= 0.3 is 11.9 Å². The molecule has 0 aliphatic carbocycles. The highest BCUT2D eigenvalue weighted by Crippen LogP contribution is 2.19. The number of rotatable bonds is 8. The minimum Gasteiger partial charge on any atom is -0.462 e. The third-order valence-electron chi connectivity index (χ3n) is 5.20. The van der Waals surface area contributed by atoms with E-state index >= 15 is 0 Å². The molecule has 0 aliphatic rings. The lowest BCUT2D eigenvalue weighted by Crippen LogP contribution is -2.23. The van der Waals surface area contributed by atoms with Gasteiger partial charge in [0, 0.05) is 12.8 Å². The fraction of sp³-hybridized carbons (Fsp3) is 0.214. The van der Waals surface area contributed by atoms with Gasteiger partial charge in [0.25, 0.3) is 5.56 Å². The molecule has 0 radical (unpaired) electrons. The van der Waals surface area contributed by atoms with E-state index in [0.29, 0.717) is 24.2 Å². The average Bonchev–Trinajstić information content (AvgIpc) is 2.91. The highest BCUT2D eigenvalue weighted by Gasteiger charge is 2.20. The van der Waals surface area contributed by atoms with Crippen LogP contribution in [0.25, 0.3) is 0 Å². The Morgan fingerprint density at radius 3 is 1.79 bits per heavy atom. The van der Waals surface area contributed by atoms with Crippen molar-refractivity contribution >= 4 is 23.5 Å². The Hall–Kier alpha value is -4.37. The maximum Gasteiger partial charge on any atom is 0.345 e. The predicted molar refractivity (Wildman–Crippen MR) is 142 cm³/mol. The zero-order valence-corrected chi connectivity index (χ0v) is 21.8. The number of carbonyl (C=O) groups excluding carboxylic acids is 2. The van der Waals surface area contributed by atoms with Crippen LogP contribution in [0.4, 0.5) is 0 Å². The Bertz CT molecular complexity index is 1410. The zero-order valence-electron chi connectivity index (χ0n) is 21.0. The summed E-state index contributed by atoms with van der Waals surface area (Å²) in [5, 5.41) is 0.124. The second-order valence-electron chi connectivity index (χ2n) is 7.81. The minimum atomic E-state index is -0.636. The zero-order chi connectivity index (χ0) is 27.3. The molecular weight excluding hydrogens is 508 g/mol. The molecule has 0 saturated carbocycles. The number of carbonyl (C=O) groups is 2. The Kier molecular flexibility index (Phi) is 10.7. The summed E-state index contributed by atoms with van der Waals surface area (Å²) in [4.78, 5) is 49.9. The van der Waals surface area contributed by atoms with Gasteiger partial charge < -0.3 is 14.5 Å². The molecule has 10 heteroatoms. The first kappa shape index (κ1) is 28.2. The van der Waals surface area contributed by atoms with E-state index in [1.165, 1.54) is 12.7 Å². The van der Waals surface area contributed by atoms with Gasteiger partial charge in [0.05, 0.1) is 30.9 Å². The monoisotopic (exact) mass is 534 g/mol. The van der Waals surface area contributed by atoms with E-state index in [1.54, 1.807) is 13.8 Å². The molecule has 196 valence electrons. The van der Waals surface area contributed by atoms with Crippen LogP contribution in [0.1, 0.15) is 57.1 Å². The van der Waals surface area contributed by atoms with E-state index in [4.69, 9.17) is 21.1 Å². The standard InChI is InChI=1S/C14H13ClN2O2.C14H14N2O3/c1-2-19-14(18)12-11(16-9-17-13(12)15)8-10-6-4-3-5-7-10;1-2-19-14(18)12-11(15-9-16-13(12)17)8-10-6-4-3-5-7-10/h3-7,9H,2,8H2,1H3;3-7,9H,2,8H2,1H3,(H,15,16,17). The molecule has 4 aromatic rings. The molecule has 2 aromatic carbocycles. The van der Waals surface area contributed by atoms with Crippen molar-refractivity contribution in [3.05, 3.63) is 122 Å². The van der Waals surface area contributed by atoms with Gasteiger partial charge in [-0.3, -0.25) is 4.79 Å². The topological polar surface area (TPSA) is 124 Å². The molecule has 0 bridgehead atoms. The number of esters is 2. The van der Waals surface area contributed by atoms with Crippen LogP contribution in [0.2, 0.25) is 5.15 Å². The van der Waals surface area contributed by atoms with Gasteiger partial charge in [-0.25, -0.2) is 24.5 Å². The number of halogens is 1. The summed E-state index contributed by atoms with van der Waals surface area (Å²) in [7, 11) is 0. The third-order valence-corrected chi connectivity index (χ3v) is 5.49. The Morgan fingerprint density at radius 2 is 1.26 bits per heavy atom. The summed E-state index contributed by atoms with van der Waals surface area (Å²) in [5.74, 6) is -1.12. The summed E-state index contributed by atoms with van der Waals surface area (Å²) in [6, 6.07) is 19.2. The predicted octanol–water partition coefficient (Wildman–Crippen LogP) is 4.43. The highest BCUT2D eigenvalue weighted by atomic mass is 35.5. The van der Waals surface area contributed by atoms with Crippen LogP contribution >= 0.6 is 11.6 Å². The summed E-state index contributed by atoms with van der Waals surface area (Å²) in [6.45, 7) is 3.94. The van der Waals surface area contributed by atoms with Crippen molar-refractivity contribution in [2.24, 2.45) is 0 Å². The van der Waals surface area contributed by atoms with Crippen molar-refractivity contribution in [3.8, 4) is 0 Å². The van der Waals surface area contributed by atoms with Crippen molar-refractivity contribution < 1.29 is 19.1 Å². The molecule has 0 aliphatic heterocycles. The average molecular weight is 535 g/mol. The van der Waals surface area contributed by atoms with E-state index in [-0.39, 0.29) is 29.5 Å². The lowest BCUT2D eigenvalue weighted by Gasteiger charge is -2.08. The maximum atomic E-state index is 11.9. The second kappa shape index (κ2) is 14.4. The normalized spacial score (nSPS) is 10.2. The van der Waals surface area contributed by atoms with Crippen LogP contribution in [-0.4, -0.2) is 45.1 Å². The minimum absolute atomic E-state index is 0.0202. The fourth-order valence-electron chi connectivity index (χ4n) is 3.50. The van der Waals surface area contributed by atoms with Crippen molar-refractivity contribution in [2.75, 3.05) is 13.2 Å². The molecule has 0 amide bonds. The lowest BCUT2D eigenvalue weighted by atomic mass is 10.1. The van der Waals surface area contributed by atoms with Gasteiger partial charge in [-0.05, 0) is 25.0 Å². The van der Waals surface area contributed by atoms with Crippen LogP contribution < -0.4 is 5.56 Å². The maximum absolute atomic E-state index is 11.9. The summed E-state index contributed by atoms with van der Waals surface area (Å²) in [5.41, 5.74) is 2.77. The Labute approximate surface area is 224 Å². The van der Waals surface area contributed by atoms with Crippen LogP contribution in [0.5, 0.6) is 0 Å². The van der Waals surface area contributed by atoms with Gasteiger partial charge in [-0.2, -0.15) is 0 Å². The SMILES string of the molecule is CCOC(=O)c1c(Cc2ccccc2)nc[nH]c1=O.CCOC(=O)c1c(Cl)ncnc1Cc1ccccc1. The lowest BCUT2D eigenvalue weighted by molar-refractivity contribution is 0.0513. The third kappa shape index (κ3) is 7.81. The molecule has 1 N–H and O–H groups in total. The molecule has 2 aromatic heterocycles. The number of nitrogens with zero attached hydrogens (tertiary/aromatic N) is 3. The first-order chi connectivity index (χ1) is 18.4. The highest BCUT2D eigenvalue weighted by molar-refractivity contribution is 6.32. The molecule has 4 rings (SSSR count). The van der Waals surface area contributed by atoms with Crippen molar-refractivity contribution in [3.63, 3.8) is 0 Å². The van der Waals surface area contributed by atoms with Crippen molar-refractivity contribution in [2.45, 2.75) is 26.7 Å². The molecule has 0 unspecified atom stereocenters. The number of hydrogen-bond donors (Lipinski definition) is 1. The van der Waals surface area contributed by atoms with E-state index in [2.05, 4.69) is 19.9 Å². The molecule has 2 heterocycles. The second-order valence-corrected chi connectivity index (χ2v) is 8.16. The summed E-state index contributed by atoms with van der Waals surface area (Å²) < 4.78 is 9.87. The fourth-order valence-corrected chi connectivity index (χ4v) is 3.73.